The highest BCUT2D eigenvalue weighted by Crippen LogP contribution is 2.23. The summed E-state index contributed by atoms with van der Waals surface area (Å²) in [6.45, 7) is 7.78. The van der Waals surface area contributed by atoms with Crippen molar-refractivity contribution in [3.8, 4) is 0 Å². The van der Waals surface area contributed by atoms with Crippen molar-refractivity contribution in [2.24, 2.45) is 0 Å². The molecule has 0 atom stereocenters. The fraction of sp³-hybridized carbons (Fsp3) is 0.412. The molecule has 0 unspecified atom stereocenters. The van der Waals surface area contributed by atoms with E-state index in [1.807, 2.05) is 0 Å². The second-order valence-corrected chi connectivity index (χ2v) is 7.08. The molecule has 25 heavy (non-hydrogen) atoms. The third kappa shape index (κ3) is 3.96. The van der Waals surface area contributed by atoms with Gasteiger partial charge in [-0.05, 0) is 46.8 Å². The standard InChI is InChI=1S/C17H20N2O6/c1-16(2,3)24-15(23)18-17(4,5)14(22)25-19-12(20)10-8-6-7-9-11(10)13(19)21/h6-9H,1-5H3,(H,18,23). The Balaban J connectivity index is 2.08. The normalized spacial score (nSPS) is 14.2. The summed E-state index contributed by atoms with van der Waals surface area (Å²) in [4.78, 5) is 53.5. The predicted molar refractivity (Wildman–Crippen MR) is 86.5 cm³/mol. The van der Waals surface area contributed by atoms with E-state index in [1.165, 1.54) is 26.0 Å². The monoisotopic (exact) mass is 348 g/mol. The molecule has 0 aromatic heterocycles. The van der Waals surface area contributed by atoms with Crippen LogP contribution in [-0.4, -0.2) is 40.1 Å². The van der Waals surface area contributed by atoms with Gasteiger partial charge in [0.2, 0.25) is 0 Å². The maximum Gasteiger partial charge on any atom is 0.408 e. The van der Waals surface area contributed by atoms with E-state index in [0.717, 1.165) is 0 Å². The molecule has 0 radical (unpaired) electrons. The summed E-state index contributed by atoms with van der Waals surface area (Å²) >= 11 is 0. The molecule has 0 saturated carbocycles. The van der Waals surface area contributed by atoms with Crippen LogP contribution in [0.1, 0.15) is 55.3 Å². The average Bonchev–Trinajstić information content (AvgIpc) is 2.70. The first-order valence-electron chi connectivity index (χ1n) is 7.64. The Labute approximate surface area is 145 Å². The van der Waals surface area contributed by atoms with Gasteiger partial charge in [-0.2, -0.15) is 0 Å². The number of benzene rings is 1. The highest BCUT2D eigenvalue weighted by molar-refractivity contribution is 6.21. The zero-order chi connectivity index (χ0) is 19.0. The van der Waals surface area contributed by atoms with E-state index in [0.29, 0.717) is 5.06 Å². The van der Waals surface area contributed by atoms with Crippen molar-refractivity contribution >= 4 is 23.9 Å². The number of carbonyl (C=O) groups excluding carboxylic acids is 4. The van der Waals surface area contributed by atoms with Gasteiger partial charge >= 0.3 is 12.1 Å². The number of hydrogen-bond donors (Lipinski definition) is 1. The summed E-state index contributed by atoms with van der Waals surface area (Å²) in [7, 11) is 0. The van der Waals surface area contributed by atoms with E-state index >= 15 is 0 Å². The third-order valence-corrected chi connectivity index (χ3v) is 3.25. The Kier molecular flexibility index (Phi) is 4.57. The van der Waals surface area contributed by atoms with Gasteiger partial charge in [-0.1, -0.05) is 17.2 Å². The van der Waals surface area contributed by atoms with Gasteiger partial charge in [0.05, 0.1) is 11.1 Å². The Morgan fingerprint density at radius 3 is 1.88 bits per heavy atom. The Hall–Kier alpha value is -2.90. The van der Waals surface area contributed by atoms with Crippen LogP contribution in [0, 0.1) is 0 Å². The molecule has 1 aromatic carbocycles. The number of hydroxylamine groups is 2. The second-order valence-electron chi connectivity index (χ2n) is 7.08. The van der Waals surface area contributed by atoms with Crippen molar-refractivity contribution in [2.45, 2.75) is 45.8 Å². The Bertz CT molecular complexity index is 713. The fourth-order valence-corrected chi connectivity index (χ4v) is 2.06. The van der Waals surface area contributed by atoms with Crippen molar-refractivity contribution in [3.05, 3.63) is 35.4 Å². The van der Waals surface area contributed by atoms with Crippen LogP contribution < -0.4 is 5.32 Å². The second kappa shape index (κ2) is 6.19. The zero-order valence-electron chi connectivity index (χ0n) is 14.7. The van der Waals surface area contributed by atoms with Gasteiger partial charge in [0.1, 0.15) is 11.1 Å². The first kappa shape index (κ1) is 18.4. The van der Waals surface area contributed by atoms with Crippen LogP contribution in [0.15, 0.2) is 24.3 Å². The molecule has 1 N–H and O–H groups in total. The lowest BCUT2D eigenvalue weighted by Crippen LogP contribution is -2.53. The lowest BCUT2D eigenvalue weighted by atomic mass is 10.1. The van der Waals surface area contributed by atoms with E-state index < -0.39 is 35.0 Å². The largest absolute Gasteiger partial charge is 0.444 e. The fourth-order valence-electron chi connectivity index (χ4n) is 2.06. The van der Waals surface area contributed by atoms with Gasteiger partial charge < -0.3 is 14.9 Å². The van der Waals surface area contributed by atoms with Crippen LogP contribution in [0.5, 0.6) is 0 Å². The van der Waals surface area contributed by atoms with Crippen molar-refractivity contribution < 1.29 is 28.8 Å². The number of imide groups is 1. The molecular weight excluding hydrogens is 328 g/mol. The van der Waals surface area contributed by atoms with E-state index in [9.17, 15) is 19.2 Å². The lowest BCUT2D eigenvalue weighted by Gasteiger charge is -2.27. The van der Waals surface area contributed by atoms with Gasteiger partial charge in [-0.15, -0.1) is 0 Å². The molecule has 0 spiro atoms. The minimum atomic E-state index is -1.52. The number of carbonyl (C=O) groups is 4. The number of ether oxygens (including phenoxy) is 1. The molecule has 0 fully saturated rings. The number of nitrogens with one attached hydrogen (secondary N) is 1. The number of amides is 3. The number of nitrogens with zero attached hydrogens (tertiary/aromatic N) is 1. The number of fused-ring (bicyclic) bond motifs is 1. The molecule has 0 saturated heterocycles. The van der Waals surface area contributed by atoms with Crippen LogP contribution >= 0.6 is 0 Å². The molecule has 0 bridgehead atoms. The van der Waals surface area contributed by atoms with Crippen LogP contribution in [0.25, 0.3) is 0 Å². The molecule has 1 aromatic rings. The summed E-state index contributed by atoms with van der Waals surface area (Å²) in [6, 6.07) is 6.13. The molecule has 1 aliphatic heterocycles. The smallest absolute Gasteiger partial charge is 0.408 e. The van der Waals surface area contributed by atoms with Crippen LogP contribution in [0.2, 0.25) is 0 Å². The van der Waals surface area contributed by atoms with E-state index in [4.69, 9.17) is 9.57 Å². The van der Waals surface area contributed by atoms with Crippen molar-refractivity contribution in [1.29, 1.82) is 0 Å². The third-order valence-electron chi connectivity index (χ3n) is 3.25. The summed E-state index contributed by atoms with van der Waals surface area (Å²) in [5, 5.41) is 2.75. The van der Waals surface area contributed by atoms with Gasteiger partial charge in [0.25, 0.3) is 11.8 Å². The molecule has 1 heterocycles. The molecule has 1 aliphatic rings. The van der Waals surface area contributed by atoms with Crippen LogP contribution in [-0.2, 0) is 14.4 Å². The summed E-state index contributed by atoms with van der Waals surface area (Å²) in [6.07, 6.45) is -0.822. The van der Waals surface area contributed by atoms with Gasteiger partial charge in [-0.3, -0.25) is 9.59 Å². The molecule has 8 heteroatoms. The zero-order valence-corrected chi connectivity index (χ0v) is 14.7. The highest BCUT2D eigenvalue weighted by Gasteiger charge is 2.42. The topological polar surface area (TPSA) is 102 Å². The summed E-state index contributed by atoms with van der Waals surface area (Å²) in [5.41, 5.74) is -1.96. The van der Waals surface area contributed by atoms with E-state index in [1.54, 1.807) is 32.9 Å². The van der Waals surface area contributed by atoms with Crippen LogP contribution in [0.4, 0.5) is 4.79 Å². The van der Waals surface area contributed by atoms with Gasteiger partial charge in [-0.25, -0.2) is 9.59 Å². The summed E-state index contributed by atoms with van der Waals surface area (Å²) in [5.74, 6) is -2.45. The predicted octanol–water partition coefficient (Wildman–Crippen LogP) is 2.04. The maximum atomic E-state index is 12.3. The number of rotatable bonds is 3. The van der Waals surface area contributed by atoms with E-state index in [-0.39, 0.29) is 11.1 Å². The first-order valence-corrected chi connectivity index (χ1v) is 7.64. The Morgan fingerprint density at radius 2 is 1.44 bits per heavy atom. The SMILES string of the molecule is CC(C)(C)OC(=O)NC(C)(C)C(=O)ON1C(=O)c2ccccc2C1=O. The molecule has 3 amide bonds. The van der Waals surface area contributed by atoms with Gasteiger partial charge in [0, 0.05) is 0 Å². The quantitative estimate of drug-likeness (QED) is 0.839. The Morgan fingerprint density at radius 1 is 0.960 bits per heavy atom. The summed E-state index contributed by atoms with van der Waals surface area (Å²) < 4.78 is 5.08. The highest BCUT2D eigenvalue weighted by atomic mass is 16.7. The lowest BCUT2D eigenvalue weighted by molar-refractivity contribution is -0.175. The molecule has 0 aliphatic carbocycles. The molecular formula is C17H20N2O6. The van der Waals surface area contributed by atoms with Crippen molar-refractivity contribution in [1.82, 2.24) is 10.4 Å². The average molecular weight is 348 g/mol. The number of alkyl carbamates (subject to hydrolysis) is 1. The van der Waals surface area contributed by atoms with Crippen molar-refractivity contribution in [3.63, 3.8) is 0 Å². The maximum absolute atomic E-state index is 12.3. The van der Waals surface area contributed by atoms with Crippen LogP contribution in [0.3, 0.4) is 0 Å². The van der Waals surface area contributed by atoms with Gasteiger partial charge in [0.15, 0.2) is 0 Å². The van der Waals surface area contributed by atoms with Crippen molar-refractivity contribution in [2.75, 3.05) is 0 Å². The molecule has 134 valence electrons. The van der Waals surface area contributed by atoms with E-state index in [2.05, 4.69) is 5.32 Å². The number of hydrogen-bond acceptors (Lipinski definition) is 6. The molecule has 2 rings (SSSR count). The minimum Gasteiger partial charge on any atom is -0.444 e. The first-order chi connectivity index (χ1) is 11.4. The minimum absolute atomic E-state index is 0.151. The molecule has 8 nitrogen and oxygen atoms in total.